The Bertz CT molecular complexity index is 2390. The lowest BCUT2D eigenvalue weighted by atomic mass is 9.78. The molecule has 0 saturated heterocycles. The second kappa shape index (κ2) is 14.5. The molecular formula is C49H50N2O6. The van der Waals surface area contributed by atoms with Gasteiger partial charge in [-0.3, -0.25) is 24.1 Å². The van der Waals surface area contributed by atoms with Crippen LogP contribution >= 0.6 is 0 Å². The highest BCUT2D eigenvalue weighted by Crippen LogP contribution is 2.40. The van der Waals surface area contributed by atoms with Crippen molar-refractivity contribution in [3.8, 4) is 23.0 Å². The Morgan fingerprint density at radius 3 is 1.35 bits per heavy atom. The number of hydrogen-bond acceptors (Lipinski definition) is 6. The SMILES string of the molecule is CCC(C)(C)c1ccc(N2C(=O)c3ccc(Oc4ccc(C(C)(C)c5ccc(Oc6ccc7c(c6)C(=O)N(C(C)(CC)C(C)C)C7=O)cc5)cc4)cc3C2=O)cc1. The van der Waals surface area contributed by atoms with E-state index < -0.39 is 5.54 Å². The highest BCUT2D eigenvalue weighted by Gasteiger charge is 2.47. The summed E-state index contributed by atoms with van der Waals surface area (Å²) in [6, 6.07) is 33.4. The van der Waals surface area contributed by atoms with Crippen LogP contribution in [-0.2, 0) is 10.8 Å². The Hall–Kier alpha value is -6.02. The highest BCUT2D eigenvalue weighted by atomic mass is 16.5. The molecule has 57 heavy (non-hydrogen) atoms. The van der Waals surface area contributed by atoms with Crippen LogP contribution in [0.15, 0.2) is 109 Å². The quantitative estimate of drug-likeness (QED) is 0.118. The van der Waals surface area contributed by atoms with E-state index in [1.165, 1.54) is 9.80 Å². The van der Waals surface area contributed by atoms with Crippen molar-refractivity contribution >= 4 is 29.3 Å². The van der Waals surface area contributed by atoms with E-state index in [4.69, 9.17) is 9.47 Å². The fourth-order valence-electron chi connectivity index (χ4n) is 7.67. The maximum atomic E-state index is 13.5. The monoisotopic (exact) mass is 762 g/mol. The Labute approximate surface area is 335 Å². The van der Waals surface area contributed by atoms with Crippen molar-refractivity contribution in [3.05, 3.63) is 148 Å². The summed E-state index contributed by atoms with van der Waals surface area (Å²) in [5.41, 5.74) is 4.31. The molecule has 0 saturated carbocycles. The third kappa shape index (κ3) is 6.81. The normalized spacial score (nSPS) is 15.3. The van der Waals surface area contributed by atoms with Gasteiger partial charge in [-0.15, -0.1) is 0 Å². The van der Waals surface area contributed by atoms with Crippen LogP contribution in [0.4, 0.5) is 5.69 Å². The smallest absolute Gasteiger partial charge is 0.266 e. The summed E-state index contributed by atoms with van der Waals surface area (Å²) in [6.07, 6.45) is 1.63. The van der Waals surface area contributed by atoms with Crippen molar-refractivity contribution in [2.24, 2.45) is 5.92 Å². The van der Waals surface area contributed by atoms with E-state index in [1.807, 2.05) is 100 Å². The highest BCUT2D eigenvalue weighted by molar-refractivity contribution is 6.34. The number of benzene rings is 5. The molecule has 8 heteroatoms. The lowest BCUT2D eigenvalue weighted by Gasteiger charge is -2.40. The number of amides is 4. The molecular weight excluding hydrogens is 713 g/mol. The largest absolute Gasteiger partial charge is 0.457 e. The second-order valence-electron chi connectivity index (χ2n) is 16.8. The van der Waals surface area contributed by atoms with Gasteiger partial charge < -0.3 is 9.47 Å². The fraction of sp³-hybridized carbons (Fsp3) is 0.306. The van der Waals surface area contributed by atoms with E-state index in [0.717, 1.165) is 23.1 Å². The van der Waals surface area contributed by atoms with Crippen LogP contribution in [-0.4, -0.2) is 34.1 Å². The average Bonchev–Trinajstić information content (AvgIpc) is 3.60. The molecule has 2 heterocycles. The predicted molar refractivity (Wildman–Crippen MR) is 223 cm³/mol. The summed E-state index contributed by atoms with van der Waals surface area (Å²) in [5, 5.41) is 0. The average molecular weight is 763 g/mol. The molecule has 292 valence electrons. The first-order valence-electron chi connectivity index (χ1n) is 19.7. The molecule has 2 aliphatic rings. The summed E-state index contributed by atoms with van der Waals surface area (Å²) in [6.45, 7) is 18.8. The summed E-state index contributed by atoms with van der Waals surface area (Å²) in [4.78, 5) is 56.3. The second-order valence-corrected chi connectivity index (χ2v) is 16.8. The van der Waals surface area contributed by atoms with Gasteiger partial charge in [-0.2, -0.15) is 0 Å². The van der Waals surface area contributed by atoms with Gasteiger partial charge in [-0.25, -0.2) is 4.90 Å². The first-order chi connectivity index (χ1) is 27.0. The van der Waals surface area contributed by atoms with Crippen LogP contribution in [0, 0.1) is 5.92 Å². The maximum Gasteiger partial charge on any atom is 0.266 e. The first-order valence-corrected chi connectivity index (χ1v) is 19.7. The molecule has 0 N–H and O–H groups in total. The molecule has 5 aromatic rings. The van der Waals surface area contributed by atoms with Crippen LogP contribution in [0.5, 0.6) is 23.0 Å². The standard InChI is InChI=1S/C49H50N2O6/c1-10-47(5,6)31-12-18-34(19-13-31)50-43(52)39-26-24-37(28-41(39)44(50)53)56-35-20-14-32(15-21-35)48(7,8)33-16-22-36(23-17-33)57-38-25-27-40-42(29-38)46(55)51(45(40)54)49(9,11-2)30(3)4/h12-30H,10-11H2,1-9H3. The minimum Gasteiger partial charge on any atom is -0.457 e. The molecule has 0 aliphatic carbocycles. The van der Waals surface area contributed by atoms with E-state index in [1.54, 1.807) is 36.4 Å². The Morgan fingerprint density at radius 2 is 0.895 bits per heavy atom. The molecule has 0 aromatic heterocycles. The van der Waals surface area contributed by atoms with Crippen molar-refractivity contribution in [2.45, 2.75) is 91.5 Å². The third-order valence-electron chi connectivity index (χ3n) is 12.6. The number of carbonyl (C=O) groups is 4. The van der Waals surface area contributed by atoms with Crippen LogP contribution in [0.2, 0.25) is 0 Å². The fourth-order valence-corrected chi connectivity index (χ4v) is 7.67. The summed E-state index contributed by atoms with van der Waals surface area (Å²) >= 11 is 0. The maximum absolute atomic E-state index is 13.5. The Morgan fingerprint density at radius 1 is 0.491 bits per heavy atom. The Balaban J connectivity index is 1.01. The predicted octanol–water partition coefficient (Wildman–Crippen LogP) is 11.5. The molecule has 1 unspecified atom stereocenters. The van der Waals surface area contributed by atoms with Gasteiger partial charge in [-0.1, -0.05) is 91.8 Å². The van der Waals surface area contributed by atoms with Crippen LogP contribution in [0.25, 0.3) is 0 Å². The molecule has 2 aliphatic heterocycles. The molecule has 5 aromatic carbocycles. The number of hydrogen-bond donors (Lipinski definition) is 0. The van der Waals surface area contributed by atoms with Gasteiger partial charge in [0.2, 0.25) is 0 Å². The van der Waals surface area contributed by atoms with E-state index >= 15 is 0 Å². The summed E-state index contributed by atoms with van der Waals surface area (Å²) < 4.78 is 12.4. The van der Waals surface area contributed by atoms with E-state index in [0.29, 0.717) is 57.4 Å². The van der Waals surface area contributed by atoms with E-state index in [9.17, 15) is 19.2 Å². The molecule has 7 rings (SSSR count). The van der Waals surface area contributed by atoms with Gasteiger partial charge in [0.1, 0.15) is 23.0 Å². The summed E-state index contributed by atoms with van der Waals surface area (Å²) in [7, 11) is 0. The van der Waals surface area contributed by atoms with Gasteiger partial charge in [-0.05, 0) is 121 Å². The number of carbonyl (C=O) groups excluding carboxylic acids is 4. The molecule has 0 radical (unpaired) electrons. The minimum atomic E-state index is -0.584. The van der Waals surface area contributed by atoms with E-state index in [2.05, 4.69) is 34.6 Å². The van der Waals surface area contributed by atoms with Gasteiger partial charge in [0, 0.05) is 5.41 Å². The molecule has 0 fully saturated rings. The van der Waals surface area contributed by atoms with Crippen molar-refractivity contribution < 1.29 is 28.7 Å². The van der Waals surface area contributed by atoms with Gasteiger partial charge >= 0.3 is 0 Å². The van der Waals surface area contributed by atoms with Crippen LogP contribution < -0.4 is 14.4 Å². The number of fused-ring (bicyclic) bond motifs is 2. The first kappa shape index (κ1) is 39.2. The topological polar surface area (TPSA) is 93.2 Å². The number of nitrogens with zero attached hydrogens (tertiary/aromatic N) is 2. The van der Waals surface area contributed by atoms with Crippen molar-refractivity contribution in [1.82, 2.24) is 4.90 Å². The molecule has 8 nitrogen and oxygen atoms in total. The summed E-state index contributed by atoms with van der Waals surface area (Å²) in [5.74, 6) is 0.999. The van der Waals surface area contributed by atoms with Crippen LogP contribution in [0.3, 0.4) is 0 Å². The third-order valence-corrected chi connectivity index (χ3v) is 12.6. The zero-order valence-corrected chi connectivity index (χ0v) is 34.2. The van der Waals surface area contributed by atoms with Gasteiger partial charge in [0.05, 0.1) is 33.5 Å². The van der Waals surface area contributed by atoms with Crippen LogP contribution in [0.1, 0.15) is 133 Å². The zero-order valence-electron chi connectivity index (χ0n) is 34.2. The number of imide groups is 2. The van der Waals surface area contributed by atoms with Crippen molar-refractivity contribution in [3.63, 3.8) is 0 Å². The van der Waals surface area contributed by atoms with Gasteiger partial charge in [0.25, 0.3) is 23.6 Å². The molecule has 4 amide bonds. The lowest BCUT2D eigenvalue weighted by molar-refractivity contribution is 0.0340. The van der Waals surface area contributed by atoms with Crippen molar-refractivity contribution in [2.75, 3.05) is 4.90 Å². The molecule has 0 spiro atoms. The zero-order chi connectivity index (χ0) is 41.0. The van der Waals surface area contributed by atoms with Gasteiger partial charge in [0.15, 0.2) is 0 Å². The number of anilines is 1. The number of rotatable bonds is 12. The van der Waals surface area contributed by atoms with E-state index in [-0.39, 0.29) is 40.4 Å². The number of ether oxygens (including phenoxy) is 2. The van der Waals surface area contributed by atoms with Crippen molar-refractivity contribution in [1.29, 1.82) is 0 Å². The lowest BCUT2D eigenvalue weighted by Crippen LogP contribution is -2.52. The Kier molecular flexibility index (Phi) is 9.97. The molecule has 1 atom stereocenters. The minimum absolute atomic E-state index is 0.00348. The molecule has 0 bridgehead atoms.